The lowest BCUT2D eigenvalue weighted by molar-refractivity contribution is 0.0955. The van der Waals surface area contributed by atoms with Crippen molar-refractivity contribution in [3.05, 3.63) is 78.4 Å². The minimum absolute atomic E-state index is 0.209. The van der Waals surface area contributed by atoms with Crippen molar-refractivity contribution < 1.29 is 9.90 Å². The summed E-state index contributed by atoms with van der Waals surface area (Å²) in [4.78, 5) is 15.7. The predicted octanol–water partition coefficient (Wildman–Crippen LogP) is 2.34. The van der Waals surface area contributed by atoms with E-state index < -0.39 is 0 Å². The summed E-state index contributed by atoms with van der Waals surface area (Å²) in [5.74, 6) is -0.0906. The number of amides is 1. The molecule has 2 N–H and O–H groups in total. The zero-order valence-corrected chi connectivity index (χ0v) is 12.1. The normalized spacial score (nSPS) is 10.8. The fourth-order valence-corrected chi connectivity index (χ4v) is 2.07. The first-order valence-electron chi connectivity index (χ1n) is 6.94. The summed E-state index contributed by atoms with van der Waals surface area (Å²) in [7, 11) is 0. The number of hydrazone groups is 1. The number of hydrogen-bond acceptors (Lipinski definition) is 4. The Labute approximate surface area is 132 Å². The van der Waals surface area contributed by atoms with E-state index in [9.17, 15) is 9.90 Å². The molecule has 1 amide bonds. The van der Waals surface area contributed by atoms with Crippen LogP contribution in [0.4, 0.5) is 0 Å². The van der Waals surface area contributed by atoms with Crippen LogP contribution >= 0.6 is 0 Å². The van der Waals surface area contributed by atoms with Gasteiger partial charge in [0.05, 0.1) is 11.9 Å². The second-order valence-corrected chi connectivity index (χ2v) is 4.75. The number of pyridine rings is 1. The van der Waals surface area contributed by atoms with Gasteiger partial charge in [0.1, 0.15) is 5.75 Å². The highest BCUT2D eigenvalue weighted by Crippen LogP contribution is 2.15. The molecule has 0 saturated carbocycles. The summed E-state index contributed by atoms with van der Waals surface area (Å²) in [6, 6.07) is 13.8. The van der Waals surface area contributed by atoms with Crippen molar-refractivity contribution in [1.82, 2.24) is 15.0 Å². The maximum absolute atomic E-state index is 11.9. The largest absolute Gasteiger partial charge is 0.508 e. The summed E-state index contributed by atoms with van der Waals surface area (Å²) in [6.45, 7) is 0. The smallest absolute Gasteiger partial charge is 0.271 e. The van der Waals surface area contributed by atoms with Crippen molar-refractivity contribution in [3.8, 4) is 11.4 Å². The second kappa shape index (κ2) is 6.57. The fraction of sp³-hybridized carbons (Fsp3) is 0. The molecule has 2 aromatic heterocycles. The number of phenols is 1. The van der Waals surface area contributed by atoms with Crippen LogP contribution < -0.4 is 5.43 Å². The molecule has 0 aliphatic carbocycles. The van der Waals surface area contributed by atoms with Gasteiger partial charge in [-0.3, -0.25) is 9.78 Å². The van der Waals surface area contributed by atoms with Gasteiger partial charge in [-0.2, -0.15) is 5.10 Å². The third kappa shape index (κ3) is 3.44. The van der Waals surface area contributed by atoms with E-state index in [0.717, 1.165) is 11.4 Å². The number of nitrogens with zero attached hydrogens (tertiary/aromatic N) is 3. The van der Waals surface area contributed by atoms with Gasteiger partial charge in [-0.1, -0.05) is 0 Å². The van der Waals surface area contributed by atoms with E-state index in [1.807, 2.05) is 22.9 Å². The van der Waals surface area contributed by atoms with Crippen molar-refractivity contribution in [1.29, 1.82) is 0 Å². The van der Waals surface area contributed by atoms with Gasteiger partial charge in [0.15, 0.2) is 0 Å². The van der Waals surface area contributed by atoms with E-state index in [2.05, 4.69) is 15.5 Å². The van der Waals surface area contributed by atoms with Crippen molar-refractivity contribution in [2.45, 2.75) is 0 Å². The first-order chi connectivity index (χ1) is 11.2. The molecule has 0 aliphatic rings. The number of rotatable bonds is 4. The Morgan fingerprint density at radius 1 is 1.13 bits per heavy atom. The topological polar surface area (TPSA) is 79.5 Å². The SMILES string of the molecule is O=C(NN=Cc1cccn1-c1ccc(O)cc1)c1ccncc1. The standard InChI is InChI=1S/C17H14N4O2/c22-16-5-3-14(4-6-16)21-11-1-2-15(21)12-19-20-17(23)13-7-9-18-10-8-13/h1-12,22H,(H,20,23). The average molecular weight is 306 g/mol. The Bertz CT molecular complexity index is 823. The average Bonchev–Trinajstić information content (AvgIpc) is 3.05. The zero-order valence-electron chi connectivity index (χ0n) is 12.1. The van der Waals surface area contributed by atoms with Gasteiger partial charge < -0.3 is 9.67 Å². The van der Waals surface area contributed by atoms with Crippen LogP contribution in [-0.2, 0) is 0 Å². The Hall–Kier alpha value is -3.41. The minimum Gasteiger partial charge on any atom is -0.508 e. The van der Waals surface area contributed by atoms with E-state index in [1.165, 1.54) is 0 Å². The summed E-state index contributed by atoms with van der Waals surface area (Å²) in [5, 5.41) is 13.3. The number of carbonyl (C=O) groups is 1. The molecular weight excluding hydrogens is 292 g/mol. The molecule has 0 radical (unpaired) electrons. The van der Waals surface area contributed by atoms with E-state index in [1.54, 1.807) is 55.0 Å². The molecule has 6 heteroatoms. The van der Waals surface area contributed by atoms with Crippen molar-refractivity contribution >= 4 is 12.1 Å². The summed E-state index contributed by atoms with van der Waals surface area (Å²) in [5.41, 5.74) is 4.65. The Morgan fingerprint density at radius 3 is 2.61 bits per heavy atom. The molecule has 1 aromatic carbocycles. The first kappa shape index (κ1) is 14.5. The number of nitrogens with one attached hydrogen (secondary N) is 1. The fourth-order valence-electron chi connectivity index (χ4n) is 2.07. The number of aromatic hydroxyl groups is 1. The van der Waals surface area contributed by atoms with E-state index in [0.29, 0.717) is 5.56 Å². The second-order valence-electron chi connectivity index (χ2n) is 4.75. The van der Waals surface area contributed by atoms with Gasteiger partial charge in [-0.25, -0.2) is 5.43 Å². The molecule has 0 bridgehead atoms. The number of aromatic nitrogens is 2. The molecule has 0 aliphatic heterocycles. The lowest BCUT2D eigenvalue weighted by Crippen LogP contribution is -2.17. The number of phenolic OH excluding ortho intramolecular Hbond substituents is 1. The van der Waals surface area contributed by atoms with E-state index in [4.69, 9.17) is 0 Å². The molecule has 0 saturated heterocycles. The van der Waals surface area contributed by atoms with Crippen molar-refractivity contribution in [2.75, 3.05) is 0 Å². The van der Waals surface area contributed by atoms with Gasteiger partial charge in [0.25, 0.3) is 5.91 Å². The van der Waals surface area contributed by atoms with Gasteiger partial charge in [0, 0.05) is 29.8 Å². The monoisotopic (exact) mass is 306 g/mol. The van der Waals surface area contributed by atoms with Crippen LogP contribution in [0.5, 0.6) is 5.75 Å². The van der Waals surface area contributed by atoms with Crippen molar-refractivity contribution in [3.63, 3.8) is 0 Å². The molecule has 23 heavy (non-hydrogen) atoms. The van der Waals surface area contributed by atoms with Gasteiger partial charge >= 0.3 is 0 Å². The van der Waals surface area contributed by atoms with Crippen molar-refractivity contribution in [2.24, 2.45) is 5.10 Å². The number of carbonyl (C=O) groups excluding carboxylic acids is 1. The number of hydrogen-bond donors (Lipinski definition) is 2. The lowest BCUT2D eigenvalue weighted by atomic mass is 10.3. The van der Waals surface area contributed by atoms with Crippen LogP contribution in [0.15, 0.2) is 72.2 Å². The molecule has 0 atom stereocenters. The van der Waals surface area contributed by atoms with E-state index in [-0.39, 0.29) is 11.7 Å². The summed E-state index contributed by atoms with van der Waals surface area (Å²) >= 11 is 0. The predicted molar refractivity (Wildman–Crippen MR) is 86.7 cm³/mol. The molecule has 0 spiro atoms. The van der Waals surface area contributed by atoms with Crippen LogP contribution in [0.2, 0.25) is 0 Å². The zero-order chi connectivity index (χ0) is 16.1. The minimum atomic E-state index is -0.300. The lowest BCUT2D eigenvalue weighted by Gasteiger charge is -2.06. The highest BCUT2D eigenvalue weighted by molar-refractivity contribution is 5.94. The van der Waals surface area contributed by atoms with Crippen LogP contribution in [0.25, 0.3) is 5.69 Å². The Kier molecular flexibility index (Phi) is 4.15. The van der Waals surface area contributed by atoms with Crippen LogP contribution in [0.1, 0.15) is 16.1 Å². The quantitative estimate of drug-likeness (QED) is 0.573. The summed E-state index contributed by atoms with van der Waals surface area (Å²) in [6.07, 6.45) is 6.54. The molecule has 0 unspecified atom stereocenters. The van der Waals surface area contributed by atoms with Gasteiger partial charge in [-0.05, 0) is 48.5 Å². The third-order valence-corrected chi connectivity index (χ3v) is 3.21. The van der Waals surface area contributed by atoms with Gasteiger partial charge in [0.2, 0.25) is 0 Å². The maximum atomic E-state index is 11.9. The maximum Gasteiger partial charge on any atom is 0.271 e. The van der Waals surface area contributed by atoms with Crippen LogP contribution in [-0.4, -0.2) is 26.8 Å². The molecule has 3 rings (SSSR count). The molecule has 0 fully saturated rings. The third-order valence-electron chi connectivity index (χ3n) is 3.21. The Balaban J connectivity index is 1.73. The highest BCUT2D eigenvalue weighted by atomic mass is 16.3. The Morgan fingerprint density at radius 2 is 1.87 bits per heavy atom. The number of benzene rings is 1. The first-order valence-corrected chi connectivity index (χ1v) is 6.94. The summed E-state index contributed by atoms with van der Waals surface area (Å²) < 4.78 is 1.89. The van der Waals surface area contributed by atoms with Gasteiger partial charge in [-0.15, -0.1) is 0 Å². The van der Waals surface area contributed by atoms with Crippen LogP contribution in [0, 0.1) is 0 Å². The van der Waals surface area contributed by atoms with E-state index >= 15 is 0 Å². The highest BCUT2D eigenvalue weighted by Gasteiger charge is 2.04. The molecule has 114 valence electrons. The molecule has 2 heterocycles. The van der Waals surface area contributed by atoms with Crippen LogP contribution in [0.3, 0.4) is 0 Å². The molecule has 6 nitrogen and oxygen atoms in total. The molecular formula is C17H14N4O2. The molecule has 3 aromatic rings.